The lowest BCUT2D eigenvalue weighted by molar-refractivity contribution is -0.124. The lowest BCUT2D eigenvalue weighted by atomic mass is 10.1. The molecule has 2 N–H and O–H groups in total. The number of para-hydroxylation sites is 2. The normalized spacial score (nSPS) is 10.9. The smallest absolute Gasteiger partial charge is 0.243 e. The molecule has 0 saturated carbocycles. The molecule has 0 aliphatic heterocycles. The van der Waals surface area contributed by atoms with Crippen LogP contribution in [0, 0.1) is 6.92 Å². The number of carbonyl (C=O) groups excluding carboxylic acids is 2. The van der Waals surface area contributed by atoms with Crippen LogP contribution in [-0.4, -0.2) is 22.9 Å². The third kappa shape index (κ3) is 4.15. The maximum Gasteiger partial charge on any atom is 0.243 e. The molecule has 0 radical (unpaired) electrons. The zero-order valence-electron chi connectivity index (χ0n) is 16.8. The van der Waals surface area contributed by atoms with Gasteiger partial charge in [0.25, 0.3) is 0 Å². The summed E-state index contributed by atoms with van der Waals surface area (Å²) in [7, 11) is 0. The molecule has 156 valence electrons. The molecule has 1 heterocycles. The number of amides is 2. The van der Waals surface area contributed by atoms with E-state index in [-0.39, 0.29) is 30.3 Å². The van der Waals surface area contributed by atoms with Gasteiger partial charge in [0, 0.05) is 21.5 Å². The number of aromatic nitrogens is 1. The molecule has 0 atom stereocenters. The van der Waals surface area contributed by atoms with Crippen molar-refractivity contribution in [1.29, 1.82) is 0 Å². The number of hydrogen-bond donors (Lipinski definition) is 2. The quantitative estimate of drug-likeness (QED) is 0.469. The van der Waals surface area contributed by atoms with Crippen LogP contribution >= 0.6 is 11.6 Å². The summed E-state index contributed by atoms with van der Waals surface area (Å²) in [5.74, 6) is -0.690. The summed E-state index contributed by atoms with van der Waals surface area (Å²) in [4.78, 5) is 37.7. The van der Waals surface area contributed by atoms with E-state index >= 15 is 0 Å². The number of benzene rings is 3. The molecular formula is C24H20ClN3O3. The van der Waals surface area contributed by atoms with Crippen LogP contribution in [0.25, 0.3) is 21.8 Å². The zero-order chi connectivity index (χ0) is 22.0. The van der Waals surface area contributed by atoms with Crippen molar-refractivity contribution in [1.82, 2.24) is 9.88 Å². The summed E-state index contributed by atoms with van der Waals surface area (Å²) in [5, 5.41) is 7.04. The first-order chi connectivity index (χ1) is 15.0. The maximum atomic E-state index is 12.8. The first-order valence-corrected chi connectivity index (χ1v) is 10.2. The highest BCUT2D eigenvalue weighted by Gasteiger charge is 2.14. The molecule has 0 aliphatic carbocycles. The lowest BCUT2D eigenvalue weighted by Gasteiger charge is -2.15. The van der Waals surface area contributed by atoms with Gasteiger partial charge in [0.15, 0.2) is 5.43 Å². The van der Waals surface area contributed by atoms with E-state index in [9.17, 15) is 14.4 Å². The predicted octanol–water partition coefficient (Wildman–Crippen LogP) is 3.87. The molecule has 3 aromatic carbocycles. The van der Waals surface area contributed by atoms with Gasteiger partial charge in [-0.1, -0.05) is 41.9 Å². The Hall–Kier alpha value is -3.64. The SMILES string of the molecule is Cc1c(Cl)cccc1NC(=O)CNC(=O)Cn1c2ccccc2c(=O)c2ccccc21. The van der Waals surface area contributed by atoms with Gasteiger partial charge < -0.3 is 15.2 Å². The second kappa shape index (κ2) is 8.62. The fraction of sp³-hybridized carbons (Fsp3) is 0.125. The third-order valence-electron chi connectivity index (χ3n) is 5.17. The van der Waals surface area contributed by atoms with Crippen molar-refractivity contribution in [2.45, 2.75) is 13.5 Å². The van der Waals surface area contributed by atoms with E-state index in [0.29, 0.717) is 32.5 Å². The van der Waals surface area contributed by atoms with Crippen molar-refractivity contribution in [3.63, 3.8) is 0 Å². The Morgan fingerprint density at radius 2 is 1.48 bits per heavy atom. The van der Waals surface area contributed by atoms with Crippen molar-refractivity contribution < 1.29 is 9.59 Å². The van der Waals surface area contributed by atoms with E-state index in [4.69, 9.17) is 11.6 Å². The van der Waals surface area contributed by atoms with Crippen molar-refractivity contribution in [3.05, 3.63) is 87.5 Å². The number of nitrogens with zero attached hydrogens (tertiary/aromatic N) is 1. The molecule has 4 rings (SSSR count). The van der Waals surface area contributed by atoms with Crippen molar-refractivity contribution in [3.8, 4) is 0 Å². The predicted molar refractivity (Wildman–Crippen MR) is 124 cm³/mol. The lowest BCUT2D eigenvalue weighted by Crippen LogP contribution is -2.35. The number of rotatable bonds is 5. The average molecular weight is 434 g/mol. The summed E-state index contributed by atoms with van der Waals surface area (Å²) in [6.07, 6.45) is 0. The van der Waals surface area contributed by atoms with Crippen LogP contribution in [0.5, 0.6) is 0 Å². The standard InChI is InChI=1S/C24H20ClN3O3/c1-15-18(25)9-6-10-19(15)27-22(29)13-26-23(30)14-28-20-11-4-2-7-16(20)24(31)17-8-3-5-12-21(17)28/h2-12H,13-14H2,1H3,(H,26,30)(H,27,29). The Labute approximate surface area is 183 Å². The van der Waals surface area contributed by atoms with E-state index < -0.39 is 0 Å². The molecule has 0 fully saturated rings. The minimum absolute atomic E-state index is 0.0230. The summed E-state index contributed by atoms with van der Waals surface area (Å²) in [6.45, 7) is 1.61. The molecule has 2 amide bonds. The molecule has 0 saturated heterocycles. The number of anilines is 1. The van der Waals surface area contributed by atoms with Crippen LogP contribution in [0.4, 0.5) is 5.69 Å². The van der Waals surface area contributed by atoms with Gasteiger partial charge >= 0.3 is 0 Å². The number of halogens is 1. The van der Waals surface area contributed by atoms with Crippen LogP contribution in [-0.2, 0) is 16.1 Å². The van der Waals surface area contributed by atoms with E-state index in [1.165, 1.54) is 0 Å². The fourth-order valence-electron chi connectivity index (χ4n) is 3.56. The minimum atomic E-state index is -0.353. The van der Waals surface area contributed by atoms with E-state index in [1.807, 2.05) is 31.2 Å². The number of hydrogen-bond acceptors (Lipinski definition) is 3. The number of pyridine rings is 1. The van der Waals surface area contributed by atoms with Gasteiger partial charge in [-0.25, -0.2) is 0 Å². The van der Waals surface area contributed by atoms with Gasteiger partial charge in [-0.3, -0.25) is 14.4 Å². The third-order valence-corrected chi connectivity index (χ3v) is 5.58. The monoisotopic (exact) mass is 433 g/mol. The fourth-order valence-corrected chi connectivity index (χ4v) is 3.74. The highest BCUT2D eigenvalue weighted by atomic mass is 35.5. The van der Waals surface area contributed by atoms with Crippen molar-refractivity contribution in [2.75, 3.05) is 11.9 Å². The van der Waals surface area contributed by atoms with Gasteiger partial charge in [0.2, 0.25) is 11.8 Å². The molecule has 0 aliphatic rings. The van der Waals surface area contributed by atoms with E-state index in [2.05, 4.69) is 10.6 Å². The van der Waals surface area contributed by atoms with Crippen molar-refractivity contribution >= 4 is 50.9 Å². The highest BCUT2D eigenvalue weighted by Crippen LogP contribution is 2.23. The Balaban J connectivity index is 1.53. The number of fused-ring (bicyclic) bond motifs is 2. The van der Waals surface area contributed by atoms with Gasteiger partial charge in [0.05, 0.1) is 17.6 Å². The summed E-state index contributed by atoms with van der Waals surface area (Å²) < 4.78 is 1.79. The largest absolute Gasteiger partial charge is 0.345 e. The second-order valence-corrected chi connectivity index (χ2v) is 7.59. The summed E-state index contributed by atoms with van der Waals surface area (Å²) >= 11 is 6.08. The Bertz CT molecular complexity index is 1320. The molecule has 7 heteroatoms. The topological polar surface area (TPSA) is 80.2 Å². The van der Waals surface area contributed by atoms with Crippen molar-refractivity contribution in [2.24, 2.45) is 0 Å². The van der Waals surface area contributed by atoms with Gasteiger partial charge in [-0.2, -0.15) is 0 Å². The number of nitrogens with one attached hydrogen (secondary N) is 2. The van der Waals surface area contributed by atoms with Crippen LogP contribution in [0.1, 0.15) is 5.56 Å². The molecule has 31 heavy (non-hydrogen) atoms. The molecule has 0 unspecified atom stereocenters. The van der Waals surface area contributed by atoms with Gasteiger partial charge in [-0.05, 0) is 48.9 Å². The van der Waals surface area contributed by atoms with Crippen LogP contribution < -0.4 is 16.1 Å². The minimum Gasteiger partial charge on any atom is -0.345 e. The molecule has 6 nitrogen and oxygen atoms in total. The van der Waals surface area contributed by atoms with Crippen LogP contribution in [0.15, 0.2) is 71.5 Å². The molecular weight excluding hydrogens is 414 g/mol. The highest BCUT2D eigenvalue weighted by molar-refractivity contribution is 6.31. The van der Waals surface area contributed by atoms with Crippen LogP contribution in [0.3, 0.4) is 0 Å². The summed E-state index contributed by atoms with van der Waals surface area (Å²) in [5.41, 5.74) is 2.62. The van der Waals surface area contributed by atoms with Gasteiger partial charge in [0.1, 0.15) is 6.54 Å². The maximum absolute atomic E-state index is 12.8. The Morgan fingerprint density at radius 3 is 2.13 bits per heavy atom. The first kappa shape index (κ1) is 20.6. The van der Waals surface area contributed by atoms with E-state index in [1.54, 1.807) is 47.0 Å². The average Bonchev–Trinajstić information content (AvgIpc) is 2.78. The molecule has 0 spiro atoms. The Morgan fingerprint density at radius 1 is 0.871 bits per heavy atom. The van der Waals surface area contributed by atoms with Gasteiger partial charge in [-0.15, -0.1) is 0 Å². The first-order valence-electron chi connectivity index (χ1n) is 9.77. The van der Waals surface area contributed by atoms with Crippen LogP contribution in [0.2, 0.25) is 5.02 Å². The summed E-state index contributed by atoms with van der Waals surface area (Å²) in [6, 6.07) is 19.6. The second-order valence-electron chi connectivity index (χ2n) is 7.19. The Kier molecular flexibility index (Phi) is 5.73. The van der Waals surface area contributed by atoms with E-state index in [0.717, 1.165) is 5.56 Å². The molecule has 1 aromatic heterocycles. The zero-order valence-corrected chi connectivity index (χ0v) is 17.6. The molecule has 0 bridgehead atoms. The molecule has 4 aromatic rings. The number of carbonyl (C=O) groups is 2.